The summed E-state index contributed by atoms with van der Waals surface area (Å²) in [6, 6.07) is 0.532. The van der Waals surface area contributed by atoms with Crippen LogP contribution in [0.1, 0.15) is 77.6 Å². The maximum Gasteiger partial charge on any atom is 0.184 e. The van der Waals surface area contributed by atoms with Gasteiger partial charge in [-0.3, -0.25) is 0 Å². The maximum absolute atomic E-state index is 6.55. The minimum absolute atomic E-state index is 0.212. The molecule has 0 spiro atoms. The first-order chi connectivity index (χ1) is 14.4. The highest BCUT2D eigenvalue weighted by molar-refractivity contribution is 6.69. The van der Waals surface area contributed by atoms with E-state index in [2.05, 4.69) is 39.7 Å². The first kappa shape index (κ1) is 27.6. The molecule has 4 heteroatoms. The topological polar surface area (TPSA) is 18.5 Å². The van der Waals surface area contributed by atoms with Crippen LogP contribution in [0.15, 0.2) is 25.3 Å². The van der Waals surface area contributed by atoms with Crippen molar-refractivity contribution in [2.24, 2.45) is 0 Å². The molecule has 2 atom stereocenters. The molecular weight excluding hydrogens is 386 g/mol. The van der Waals surface area contributed by atoms with Crippen molar-refractivity contribution >= 4 is 8.32 Å². The standard InChI is InChI=1S/C26H52NO2Si/c1-7-10-11-12-13-14-15-16-17-18-19-22-28-24-26(29-30(4,5)6)25-23-27(25,20-8-2)21-9-3/h8-9,25-26H,2-3,7,10-24H2,1,4-6H3/q+1/t25-,26-/m1/s1. The molecule has 1 heterocycles. The number of nitrogens with zero attached hydrogens (tertiary/aromatic N) is 1. The van der Waals surface area contributed by atoms with Crippen LogP contribution in [0, 0.1) is 0 Å². The third-order valence-electron chi connectivity index (χ3n) is 6.21. The second-order valence-corrected chi connectivity index (χ2v) is 14.8. The van der Waals surface area contributed by atoms with Crippen LogP contribution in [0.5, 0.6) is 0 Å². The van der Waals surface area contributed by atoms with Crippen molar-refractivity contribution in [1.29, 1.82) is 0 Å². The highest BCUT2D eigenvalue weighted by Crippen LogP contribution is 2.36. The lowest BCUT2D eigenvalue weighted by atomic mass is 10.1. The summed E-state index contributed by atoms with van der Waals surface area (Å²) in [6.45, 7) is 21.8. The Balaban J connectivity index is 2.18. The second kappa shape index (κ2) is 15.4. The Morgan fingerprint density at radius 1 is 0.867 bits per heavy atom. The van der Waals surface area contributed by atoms with Gasteiger partial charge in [0.25, 0.3) is 0 Å². The van der Waals surface area contributed by atoms with Gasteiger partial charge in [-0.25, -0.2) is 0 Å². The van der Waals surface area contributed by atoms with Crippen molar-refractivity contribution in [2.45, 2.75) is 109 Å². The van der Waals surface area contributed by atoms with E-state index in [1.165, 1.54) is 70.6 Å². The van der Waals surface area contributed by atoms with E-state index in [0.717, 1.165) is 37.3 Å². The SMILES string of the molecule is C=CC[N+]1(CC=C)C[C@@H]1[C@@H](COCCCCCCCCCCCCC)O[Si](C)(C)C. The van der Waals surface area contributed by atoms with Crippen molar-refractivity contribution in [3.05, 3.63) is 25.3 Å². The predicted molar refractivity (Wildman–Crippen MR) is 135 cm³/mol. The molecule has 1 fully saturated rings. The first-order valence-electron chi connectivity index (χ1n) is 12.7. The van der Waals surface area contributed by atoms with E-state index in [4.69, 9.17) is 9.16 Å². The highest BCUT2D eigenvalue weighted by atomic mass is 28.4. The van der Waals surface area contributed by atoms with Crippen LogP contribution in [-0.4, -0.2) is 57.8 Å². The molecule has 1 rings (SSSR count). The summed E-state index contributed by atoms with van der Waals surface area (Å²) in [7, 11) is -1.60. The lowest BCUT2D eigenvalue weighted by Crippen LogP contribution is -2.43. The maximum atomic E-state index is 6.55. The Morgan fingerprint density at radius 3 is 1.83 bits per heavy atom. The largest absolute Gasteiger partial charge is 0.406 e. The van der Waals surface area contributed by atoms with E-state index in [1.807, 2.05) is 12.2 Å². The number of rotatable bonds is 21. The van der Waals surface area contributed by atoms with Gasteiger partial charge in [-0.2, -0.15) is 0 Å². The molecule has 0 aromatic carbocycles. The molecule has 0 bridgehead atoms. The average molecular weight is 439 g/mol. The van der Waals surface area contributed by atoms with Crippen molar-refractivity contribution in [1.82, 2.24) is 0 Å². The Kier molecular flexibility index (Phi) is 14.2. The van der Waals surface area contributed by atoms with Crippen LogP contribution in [0.25, 0.3) is 0 Å². The molecule has 0 unspecified atom stereocenters. The zero-order valence-electron chi connectivity index (χ0n) is 20.8. The monoisotopic (exact) mass is 438 g/mol. The van der Waals surface area contributed by atoms with E-state index in [1.54, 1.807) is 0 Å². The summed E-state index contributed by atoms with van der Waals surface area (Å²) < 4.78 is 13.7. The number of hydrogen-bond acceptors (Lipinski definition) is 2. The Morgan fingerprint density at radius 2 is 1.37 bits per heavy atom. The fraction of sp³-hybridized carbons (Fsp3) is 0.846. The minimum Gasteiger partial charge on any atom is -0.406 e. The van der Waals surface area contributed by atoms with Crippen molar-refractivity contribution in [2.75, 3.05) is 32.8 Å². The summed E-state index contributed by atoms with van der Waals surface area (Å²) in [4.78, 5) is 0. The Hall–Kier alpha value is -0.423. The van der Waals surface area contributed by atoms with Crippen molar-refractivity contribution in [3.63, 3.8) is 0 Å². The van der Waals surface area contributed by atoms with Crippen LogP contribution >= 0.6 is 0 Å². The van der Waals surface area contributed by atoms with Gasteiger partial charge in [0, 0.05) is 6.61 Å². The van der Waals surface area contributed by atoms with Crippen molar-refractivity contribution in [3.8, 4) is 0 Å². The van der Waals surface area contributed by atoms with Gasteiger partial charge in [-0.1, -0.05) is 84.3 Å². The van der Waals surface area contributed by atoms with Gasteiger partial charge < -0.3 is 13.6 Å². The van der Waals surface area contributed by atoms with Gasteiger partial charge in [0.05, 0.1) is 19.7 Å². The van der Waals surface area contributed by atoms with Gasteiger partial charge in [0.15, 0.2) is 14.4 Å². The molecule has 0 saturated carbocycles. The Bertz CT molecular complexity index is 450. The molecule has 1 saturated heterocycles. The van der Waals surface area contributed by atoms with Crippen LogP contribution in [0.3, 0.4) is 0 Å². The molecule has 0 aromatic heterocycles. The lowest BCUT2D eigenvalue weighted by Gasteiger charge is -2.28. The molecule has 0 aromatic rings. The summed E-state index contributed by atoms with van der Waals surface area (Å²) in [5, 5.41) is 0. The number of quaternary nitrogens is 1. The summed E-state index contributed by atoms with van der Waals surface area (Å²) in [6.07, 6.45) is 19.4. The third-order valence-corrected chi connectivity index (χ3v) is 7.22. The molecule has 0 radical (unpaired) electrons. The zero-order valence-corrected chi connectivity index (χ0v) is 21.8. The number of hydrogen-bond donors (Lipinski definition) is 0. The quantitative estimate of drug-likeness (QED) is 0.0625. The molecule has 0 amide bonds. The number of unbranched alkanes of at least 4 members (excludes halogenated alkanes) is 10. The molecule has 0 aliphatic carbocycles. The zero-order chi connectivity index (χ0) is 22.3. The van der Waals surface area contributed by atoms with Crippen LogP contribution in [0.4, 0.5) is 0 Å². The lowest BCUT2D eigenvalue weighted by molar-refractivity contribution is -0.803. The third kappa shape index (κ3) is 11.8. The van der Waals surface area contributed by atoms with Crippen LogP contribution in [-0.2, 0) is 9.16 Å². The van der Waals surface area contributed by atoms with Crippen molar-refractivity contribution < 1.29 is 13.6 Å². The molecule has 1 aliphatic heterocycles. The van der Waals surface area contributed by atoms with E-state index in [9.17, 15) is 0 Å². The molecule has 176 valence electrons. The van der Waals surface area contributed by atoms with E-state index in [-0.39, 0.29) is 6.10 Å². The predicted octanol–water partition coefficient (Wildman–Crippen LogP) is 7.11. The smallest absolute Gasteiger partial charge is 0.184 e. The summed E-state index contributed by atoms with van der Waals surface area (Å²) >= 11 is 0. The molecular formula is C26H52NO2Si+. The van der Waals surface area contributed by atoms with Gasteiger partial charge in [0.2, 0.25) is 0 Å². The molecule has 1 aliphatic rings. The van der Waals surface area contributed by atoms with E-state index in [0.29, 0.717) is 6.04 Å². The first-order valence-corrected chi connectivity index (χ1v) is 16.1. The Labute approximate surface area is 189 Å². The van der Waals surface area contributed by atoms with Gasteiger partial charge >= 0.3 is 0 Å². The molecule has 30 heavy (non-hydrogen) atoms. The fourth-order valence-electron chi connectivity index (χ4n) is 4.55. The minimum atomic E-state index is -1.60. The number of ether oxygens (including phenoxy) is 1. The average Bonchev–Trinajstić information content (AvgIpc) is 3.37. The summed E-state index contributed by atoms with van der Waals surface area (Å²) in [5.74, 6) is 0. The molecule has 0 N–H and O–H groups in total. The summed E-state index contributed by atoms with van der Waals surface area (Å²) in [5.41, 5.74) is 0. The van der Waals surface area contributed by atoms with Gasteiger partial charge in [-0.15, -0.1) is 0 Å². The van der Waals surface area contributed by atoms with Gasteiger partial charge in [-0.05, 0) is 38.2 Å². The van der Waals surface area contributed by atoms with E-state index < -0.39 is 8.32 Å². The van der Waals surface area contributed by atoms with Crippen LogP contribution in [0.2, 0.25) is 19.6 Å². The fourth-order valence-corrected chi connectivity index (χ4v) is 5.68. The highest BCUT2D eigenvalue weighted by Gasteiger charge is 2.58. The van der Waals surface area contributed by atoms with Gasteiger partial charge in [0.1, 0.15) is 12.6 Å². The van der Waals surface area contributed by atoms with E-state index >= 15 is 0 Å². The molecule has 3 nitrogen and oxygen atoms in total. The van der Waals surface area contributed by atoms with Crippen LogP contribution < -0.4 is 0 Å². The normalized spacial score (nSPS) is 18.9. The second-order valence-electron chi connectivity index (χ2n) is 10.3.